The summed E-state index contributed by atoms with van der Waals surface area (Å²) in [5.41, 5.74) is 0.909. The third-order valence-corrected chi connectivity index (χ3v) is 0.931. The predicted molar refractivity (Wildman–Crippen MR) is 43.2 cm³/mol. The van der Waals surface area contributed by atoms with Crippen molar-refractivity contribution in [3.63, 3.8) is 0 Å². The molecule has 0 heterocycles. The van der Waals surface area contributed by atoms with Crippen LogP contribution in [0.4, 0.5) is 0 Å². The van der Waals surface area contributed by atoms with E-state index in [0.717, 1.165) is 5.57 Å². The van der Waals surface area contributed by atoms with Gasteiger partial charge < -0.3 is 0 Å². The zero-order chi connectivity index (χ0) is 7.82. The van der Waals surface area contributed by atoms with Gasteiger partial charge >= 0.3 is 0 Å². The summed E-state index contributed by atoms with van der Waals surface area (Å²) in [6.07, 6.45) is 8.17. The molecule has 0 bridgehead atoms. The summed E-state index contributed by atoms with van der Waals surface area (Å²) in [7, 11) is 0. The van der Waals surface area contributed by atoms with E-state index in [-0.39, 0.29) is 0 Å². The van der Waals surface area contributed by atoms with Crippen LogP contribution in [0.25, 0.3) is 0 Å². The molecule has 0 amide bonds. The number of hydrogen-bond acceptors (Lipinski definition) is 1. The molecule has 0 aromatic rings. The molecular weight excluding hydrogens is 122 g/mol. The van der Waals surface area contributed by atoms with Gasteiger partial charge in [0.05, 0.1) is 6.07 Å². The largest absolute Gasteiger partial charge is 0.193 e. The summed E-state index contributed by atoms with van der Waals surface area (Å²) in [5, 5.41) is 8.11. The van der Waals surface area contributed by atoms with Crippen molar-refractivity contribution in [1.29, 1.82) is 5.26 Å². The standard InChI is InChI=1S/C9H9N/c1-3-9(4-2)7-5-6-8-10/h3-7H,1-2H2. The van der Waals surface area contributed by atoms with Crippen LogP contribution in [-0.2, 0) is 0 Å². The summed E-state index contributed by atoms with van der Waals surface area (Å²) in [6, 6.07) is 1.88. The van der Waals surface area contributed by atoms with Crippen molar-refractivity contribution in [2.45, 2.75) is 0 Å². The molecule has 10 heavy (non-hydrogen) atoms. The highest BCUT2D eigenvalue weighted by Crippen LogP contribution is 1.95. The van der Waals surface area contributed by atoms with Crippen molar-refractivity contribution in [1.82, 2.24) is 0 Å². The normalized spacial score (nSPS) is 8.30. The molecule has 0 atom stereocenters. The number of allylic oxidation sites excluding steroid dienone is 6. The minimum absolute atomic E-state index is 0.909. The van der Waals surface area contributed by atoms with Crippen molar-refractivity contribution in [3.8, 4) is 6.07 Å². The summed E-state index contributed by atoms with van der Waals surface area (Å²) >= 11 is 0. The van der Waals surface area contributed by atoms with Crippen LogP contribution in [0.2, 0.25) is 0 Å². The second-order valence-corrected chi connectivity index (χ2v) is 1.56. The van der Waals surface area contributed by atoms with Gasteiger partial charge in [0.15, 0.2) is 0 Å². The number of nitriles is 1. The predicted octanol–water partition coefficient (Wildman–Crippen LogP) is 2.36. The van der Waals surface area contributed by atoms with Crippen molar-refractivity contribution >= 4 is 0 Å². The highest BCUT2D eigenvalue weighted by Gasteiger charge is 1.75. The lowest BCUT2D eigenvalue weighted by atomic mass is 10.2. The van der Waals surface area contributed by atoms with E-state index < -0.39 is 0 Å². The fraction of sp³-hybridized carbons (Fsp3) is 0. The smallest absolute Gasteiger partial charge is 0.0912 e. The molecule has 0 aromatic heterocycles. The van der Waals surface area contributed by atoms with Gasteiger partial charge in [-0.2, -0.15) is 5.26 Å². The monoisotopic (exact) mass is 131 g/mol. The van der Waals surface area contributed by atoms with Crippen LogP contribution in [-0.4, -0.2) is 0 Å². The summed E-state index contributed by atoms with van der Waals surface area (Å²) in [5.74, 6) is 0. The molecular formula is C9H9N. The van der Waals surface area contributed by atoms with Crippen LogP contribution < -0.4 is 0 Å². The first-order chi connectivity index (χ1) is 4.85. The van der Waals surface area contributed by atoms with E-state index in [4.69, 9.17) is 5.26 Å². The van der Waals surface area contributed by atoms with Gasteiger partial charge in [-0.15, -0.1) is 0 Å². The molecule has 50 valence electrons. The van der Waals surface area contributed by atoms with Crippen LogP contribution in [0.3, 0.4) is 0 Å². The van der Waals surface area contributed by atoms with Crippen molar-refractivity contribution in [2.24, 2.45) is 0 Å². The molecule has 1 nitrogen and oxygen atoms in total. The Morgan fingerprint density at radius 3 is 2.30 bits per heavy atom. The molecule has 0 aromatic carbocycles. The highest BCUT2D eigenvalue weighted by atomic mass is 14.2. The lowest BCUT2D eigenvalue weighted by Crippen LogP contribution is -1.64. The zero-order valence-electron chi connectivity index (χ0n) is 5.75. The Kier molecular flexibility index (Phi) is 4.72. The van der Waals surface area contributed by atoms with E-state index in [2.05, 4.69) is 13.2 Å². The van der Waals surface area contributed by atoms with Gasteiger partial charge in [0.1, 0.15) is 0 Å². The third-order valence-electron chi connectivity index (χ3n) is 0.931. The first-order valence-corrected chi connectivity index (χ1v) is 2.86. The topological polar surface area (TPSA) is 23.8 Å². The van der Waals surface area contributed by atoms with Gasteiger partial charge in [0.2, 0.25) is 0 Å². The Labute approximate surface area is 61.3 Å². The summed E-state index contributed by atoms with van der Waals surface area (Å²) in [4.78, 5) is 0. The average Bonchev–Trinajstić information content (AvgIpc) is 1.99. The maximum absolute atomic E-state index is 8.11. The van der Waals surface area contributed by atoms with E-state index in [1.807, 2.05) is 6.07 Å². The van der Waals surface area contributed by atoms with Crippen LogP contribution in [0.15, 0.2) is 49.1 Å². The molecule has 0 N–H and O–H groups in total. The van der Waals surface area contributed by atoms with Gasteiger partial charge in [-0.25, -0.2) is 0 Å². The molecule has 0 aliphatic heterocycles. The molecule has 0 aliphatic rings. The zero-order valence-corrected chi connectivity index (χ0v) is 5.75. The molecule has 0 rings (SSSR count). The average molecular weight is 131 g/mol. The molecule has 0 radical (unpaired) electrons. The van der Waals surface area contributed by atoms with Crippen molar-refractivity contribution in [3.05, 3.63) is 49.1 Å². The Morgan fingerprint density at radius 2 is 1.90 bits per heavy atom. The van der Waals surface area contributed by atoms with Gasteiger partial charge in [0.25, 0.3) is 0 Å². The molecule has 0 fully saturated rings. The second kappa shape index (κ2) is 5.58. The highest BCUT2D eigenvalue weighted by molar-refractivity contribution is 5.31. The lowest BCUT2D eigenvalue weighted by Gasteiger charge is -1.84. The van der Waals surface area contributed by atoms with E-state index in [9.17, 15) is 0 Å². The maximum Gasteiger partial charge on any atom is 0.0912 e. The minimum atomic E-state index is 0.909. The summed E-state index contributed by atoms with van der Waals surface area (Å²) in [6.45, 7) is 7.11. The maximum atomic E-state index is 8.11. The van der Waals surface area contributed by atoms with Gasteiger partial charge in [-0.1, -0.05) is 37.5 Å². The minimum Gasteiger partial charge on any atom is -0.193 e. The fourth-order valence-corrected chi connectivity index (χ4v) is 0.422. The van der Waals surface area contributed by atoms with E-state index >= 15 is 0 Å². The number of rotatable bonds is 3. The van der Waals surface area contributed by atoms with Crippen LogP contribution >= 0.6 is 0 Å². The van der Waals surface area contributed by atoms with Crippen LogP contribution in [0, 0.1) is 11.3 Å². The third kappa shape index (κ3) is 3.45. The Hall–Kier alpha value is -1.55. The van der Waals surface area contributed by atoms with E-state index in [1.54, 1.807) is 24.3 Å². The van der Waals surface area contributed by atoms with Gasteiger partial charge in [-0.3, -0.25) is 0 Å². The van der Waals surface area contributed by atoms with Crippen LogP contribution in [0.5, 0.6) is 0 Å². The molecule has 0 aliphatic carbocycles. The number of nitrogens with zero attached hydrogens (tertiary/aromatic N) is 1. The van der Waals surface area contributed by atoms with E-state index in [1.165, 1.54) is 6.08 Å². The Balaban J connectivity index is 4.14. The Morgan fingerprint density at radius 1 is 1.30 bits per heavy atom. The molecule has 0 spiro atoms. The van der Waals surface area contributed by atoms with E-state index in [0.29, 0.717) is 0 Å². The molecule has 0 saturated heterocycles. The quantitative estimate of drug-likeness (QED) is 0.426. The van der Waals surface area contributed by atoms with Crippen molar-refractivity contribution in [2.75, 3.05) is 0 Å². The SMILES string of the molecule is C=CC(C=C)=CC=CC#N. The molecule has 0 saturated carbocycles. The van der Waals surface area contributed by atoms with Gasteiger partial charge in [-0.05, 0) is 5.57 Å². The molecule has 1 heteroatoms. The number of hydrogen-bond donors (Lipinski definition) is 0. The summed E-state index contributed by atoms with van der Waals surface area (Å²) < 4.78 is 0. The van der Waals surface area contributed by atoms with Gasteiger partial charge in [0, 0.05) is 6.08 Å². The second-order valence-electron chi connectivity index (χ2n) is 1.56. The first kappa shape index (κ1) is 8.45. The molecule has 0 unspecified atom stereocenters. The van der Waals surface area contributed by atoms with Crippen LogP contribution in [0.1, 0.15) is 0 Å². The fourth-order valence-electron chi connectivity index (χ4n) is 0.422. The Bertz CT molecular complexity index is 203. The van der Waals surface area contributed by atoms with Crippen molar-refractivity contribution < 1.29 is 0 Å². The lowest BCUT2D eigenvalue weighted by molar-refractivity contribution is 1.53. The first-order valence-electron chi connectivity index (χ1n) is 2.86.